The van der Waals surface area contributed by atoms with Crippen molar-refractivity contribution in [3.05, 3.63) is 64.9 Å². The van der Waals surface area contributed by atoms with Crippen molar-refractivity contribution >= 4 is 11.5 Å². The molecule has 3 rings (SSSR count). The van der Waals surface area contributed by atoms with Gasteiger partial charge >= 0.3 is 6.61 Å². The summed E-state index contributed by atoms with van der Waals surface area (Å²) in [5, 5.41) is 2.81. The van der Waals surface area contributed by atoms with Gasteiger partial charge in [0.1, 0.15) is 12.9 Å². The lowest BCUT2D eigenvalue weighted by atomic mass is 9.89. The molecule has 0 atom stereocenters. The van der Waals surface area contributed by atoms with Crippen LogP contribution in [0.25, 0.3) is 5.57 Å². The maximum absolute atomic E-state index is 12.9. The zero-order valence-corrected chi connectivity index (χ0v) is 19.5. The Morgan fingerprint density at radius 3 is 2.65 bits per heavy atom. The number of rotatable bonds is 10. The fourth-order valence-corrected chi connectivity index (χ4v) is 3.86. The van der Waals surface area contributed by atoms with Gasteiger partial charge in [0.05, 0.1) is 12.7 Å². The van der Waals surface area contributed by atoms with Gasteiger partial charge in [-0.15, -0.1) is 5.92 Å². The lowest BCUT2D eigenvalue weighted by molar-refractivity contribution is -0.116. The van der Waals surface area contributed by atoms with Crippen LogP contribution in [0.3, 0.4) is 0 Å². The molecule has 5 nitrogen and oxygen atoms in total. The van der Waals surface area contributed by atoms with Crippen molar-refractivity contribution < 1.29 is 27.8 Å². The molecule has 1 N–H and O–H groups in total. The highest BCUT2D eigenvalue weighted by atomic mass is 19.3. The monoisotopic (exact) mass is 469 g/mol. The molecule has 7 heteroatoms. The van der Waals surface area contributed by atoms with Gasteiger partial charge in [0.15, 0.2) is 11.5 Å². The van der Waals surface area contributed by atoms with Crippen molar-refractivity contribution in [3.8, 4) is 23.3 Å². The second-order valence-corrected chi connectivity index (χ2v) is 7.83. The summed E-state index contributed by atoms with van der Waals surface area (Å²) in [4.78, 5) is 12.9. The third-order valence-electron chi connectivity index (χ3n) is 5.60. The highest BCUT2D eigenvalue weighted by Gasteiger charge is 2.17. The number of carbonyl (C=O) groups is 1. The van der Waals surface area contributed by atoms with E-state index in [0.29, 0.717) is 30.0 Å². The van der Waals surface area contributed by atoms with Crippen molar-refractivity contribution in [3.63, 3.8) is 0 Å². The summed E-state index contributed by atoms with van der Waals surface area (Å²) < 4.78 is 40.7. The number of amides is 1. The predicted octanol–water partition coefficient (Wildman–Crippen LogP) is 4.92. The van der Waals surface area contributed by atoms with Crippen LogP contribution in [0.2, 0.25) is 0 Å². The molecule has 1 aliphatic carbocycles. The summed E-state index contributed by atoms with van der Waals surface area (Å²) in [6, 6.07) is 11.2. The smallest absolute Gasteiger partial charge is 0.386 e. The van der Waals surface area contributed by atoms with Gasteiger partial charge in [-0.1, -0.05) is 30.2 Å². The molecular weight excluding hydrogens is 440 g/mol. The summed E-state index contributed by atoms with van der Waals surface area (Å²) in [5.74, 6) is 6.28. The first-order valence-electron chi connectivity index (χ1n) is 11.2. The average Bonchev–Trinajstić information content (AvgIpc) is 2.84. The van der Waals surface area contributed by atoms with E-state index < -0.39 is 12.5 Å². The Kier molecular flexibility index (Phi) is 9.33. The summed E-state index contributed by atoms with van der Waals surface area (Å²) >= 11 is 0. The molecule has 0 unspecified atom stereocenters. The number of nitrogens with one attached hydrogen (secondary N) is 1. The van der Waals surface area contributed by atoms with Crippen molar-refractivity contribution in [1.82, 2.24) is 5.32 Å². The molecular formula is C27H29F2NO4. The van der Waals surface area contributed by atoms with Gasteiger partial charge in [0.2, 0.25) is 0 Å². The van der Waals surface area contributed by atoms with E-state index >= 15 is 0 Å². The number of benzene rings is 2. The van der Waals surface area contributed by atoms with E-state index in [-0.39, 0.29) is 12.2 Å². The SMILES string of the molecule is CC#CCOc1ccc(CCNC(=O)C(=COC(F)F)c2ccc3c(c2)CCCC3)cc1OC. The van der Waals surface area contributed by atoms with Gasteiger partial charge in [-0.25, -0.2) is 0 Å². The van der Waals surface area contributed by atoms with E-state index in [2.05, 4.69) is 21.9 Å². The van der Waals surface area contributed by atoms with Crippen LogP contribution in [0.15, 0.2) is 42.7 Å². The maximum Gasteiger partial charge on any atom is 0.386 e. The van der Waals surface area contributed by atoms with Crippen molar-refractivity contribution in [2.75, 3.05) is 20.3 Å². The zero-order chi connectivity index (χ0) is 24.3. The fourth-order valence-electron chi connectivity index (χ4n) is 3.86. The second-order valence-electron chi connectivity index (χ2n) is 7.83. The summed E-state index contributed by atoms with van der Waals surface area (Å²) in [6.45, 7) is -0.692. The number of halogens is 2. The van der Waals surface area contributed by atoms with Crippen LogP contribution < -0.4 is 14.8 Å². The Labute approximate surface area is 199 Å². The third-order valence-corrected chi connectivity index (χ3v) is 5.60. The van der Waals surface area contributed by atoms with Crippen LogP contribution in [-0.4, -0.2) is 32.8 Å². The van der Waals surface area contributed by atoms with E-state index in [1.54, 1.807) is 26.2 Å². The van der Waals surface area contributed by atoms with Gasteiger partial charge < -0.3 is 19.5 Å². The van der Waals surface area contributed by atoms with Crippen molar-refractivity contribution in [2.24, 2.45) is 0 Å². The number of methoxy groups -OCH3 is 1. The maximum atomic E-state index is 12.9. The molecule has 0 saturated carbocycles. The molecule has 0 aromatic heterocycles. The first-order chi connectivity index (χ1) is 16.5. The highest BCUT2D eigenvalue weighted by Crippen LogP contribution is 2.28. The quantitative estimate of drug-likeness (QED) is 0.305. The Hall–Kier alpha value is -3.53. The zero-order valence-electron chi connectivity index (χ0n) is 19.5. The van der Waals surface area contributed by atoms with Crippen LogP contribution in [0.1, 0.15) is 42.0 Å². The standard InChI is InChI=1S/C27H29F2NO4/c1-3-4-15-33-24-12-9-19(16-25(24)32-2)13-14-30-26(31)23(18-34-27(28)29)22-11-10-20-7-5-6-8-21(20)17-22/h9-12,16-18,27H,5-8,13-15H2,1-2H3,(H,30,31). The molecule has 0 heterocycles. The summed E-state index contributed by atoms with van der Waals surface area (Å²) in [5.41, 5.74) is 3.96. The molecule has 34 heavy (non-hydrogen) atoms. The summed E-state index contributed by atoms with van der Waals surface area (Å²) in [6.07, 6.45) is 5.49. The number of hydrogen-bond acceptors (Lipinski definition) is 4. The van der Waals surface area contributed by atoms with E-state index in [1.165, 1.54) is 5.56 Å². The highest BCUT2D eigenvalue weighted by molar-refractivity contribution is 6.19. The molecule has 2 aromatic carbocycles. The lowest BCUT2D eigenvalue weighted by Crippen LogP contribution is -2.27. The van der Waals surface area contributed by atoms with E-state index in [4.69, 9.17) is 9.47 Å². The molecule has 1 aliphatic rings. The van der Waals surface area contributed by atoms with Gasteiger partial charge in [-0.3, -0.25) is 4.79 Å². The van der Waals surface area contributed by atoms with E-state index in [0.717, 1.165) is 43.1 Å². The molecule has 0 radical (unpaired) electrons. The molecule has 180 valence electrons. The molecule has 0 fully saturated rings. The van der Waals surface area contributed by atoms with Crippen molar-refractivity contribution in [1.29, 1.82) is 0 Å². The topological polar surface area (TPSA) is 56.8 Å². The average molecular weight is 470 g/mol. The number of carbonyl (C=O) groups excluding carboxylic acids is 1. The minimum atomic E-state index is -3.00. The molecule has 0 bridgehead atoms. The van der Waals surface area contributed by atoms with E-state index in [9.17, 15) is 13.6 Å². The van der Waals surface area contributed by atoms with Crippen LogP contribution in [-0.2, 0) is 28.8 Å². The first-order valence-corrected chi connectivity index (χ1v) is 11.2. The van der Waals surface area contributed by atoms with E-state index in [1.807, 2.05) is 24.3 Å². The van der Waals surface area contributed by atoms with Gasteiger partial charge in [0, 0.05) is 6.54 Å². The number of fused-ring (bicyclic) bond motifs is 1. The molecule has 0 aliphatic heterocycles. The third kappa shape index (κ3) is 6.98. The number of aryl methyl sites for hydroxylation is 2. The van der Waals surface area contributed by atoms with Gasteiger partial charge in [-0.2, -0.15) is 8.78 Å². The van der Waals surface area contributed by atoms with Crippen LogP contribution in [0.4, 0.5) is 8.78 Å². The largest absolute Gasteiger partial charge is 0.493 e. The Balaban J connectivity index is 1.66. The minimum Gasteiger partial charge on any atom is -0.493 e. The fraction of sp³-hybridized carbons (Fsp3) is 0.370. The Bertz CT molecular complexity index is 1090. The summed E-state index contributed by atoms with van der Waals surface area (Å²) in [7, 11) is 1.55. The Morgan fingerprint density at radius 1 is 1.12 bits per heavy atom. The van der Waals surface area contributed by atoms with Gasteiger partial charge in [-0.05, 0) is 73.4 Å². The minimum absolute atomic E-state index is 0.0760. The van der Waals surface area contributed by atoms with Crippen LogP contribution in [0.5, 0.6) is 11.5 Å². The molecule has 2 aromatic rings. The number of hydrogen-bond donors (Lipinski definition) is 1. The second kappa shape index (κ2) is 12.6. The lowest BCUT2D eigenvalue weighted by Gasteiger charge is -2.17. The molecule has 0 spiro atoms. The van der Waals surface area contributed by atoms with Crippen molar-refractivity contribution in [2.45, 2.75) is 45.6 Å². The first kappa shape index (κ1) is 25.1. The Morgan fingerprint density at radius 2 is 1.91 bits per heavy atom. The van der Waals surface area contributed by atoms with Crippen LogP contribution >= 0.6 is 0 Å². The van der Waals surface area contributed by atoms with Gasteiger partial charge in [0.25, 0.3) is 5.91 Å². The molecule has 1 amide bonds. The van der Waals surface area contributed by atoms with Crippen LogP contribution in [0, 0.1) is 11.8 Å². The number of ether oxygens (including phenoxy) is 3. The predicted molar refractivity (Wildman–Crippen MR) is 127 cm³/mol. The normalized spacial score (nSPS) is 12.9. The molecule has 0 saturated heterocycles. The number of alkyl halides is 2.